The number of aliphatic hydroxyl groups is 1. The fourth-order valence-corrected chi connectivity index (χ4v) is 1.67. The van der Waals surface area contributed by atoms with Crippen molar-refractivity contribution in [1.29, 1.82) is 0 Å². The maximum atomic E-state index is 9.00. The highest BCUT2D eigenvalue weighted by Gasteiger charge is 2.12. The highest BCUT2D eigenvalue weighted by Crippen LogP contribution is 2.23. The first-order valence-electron chi connectivity index (χ1n) is 5.10. The molecule has 0 heterocycles. The predicted octanol–water partition coefficient (Wildman–Crippen LogP) is 1.68. The molecule has 0 bridgehead atoms. The third-order valence-corrected chi connectivity index (χ3v) is 2.53. The largest absolute Gasteiger partial charge is 0.497 e. The molecule has 0 saturated carbocycles. The van der Waals surface area contributed by atoms with Gasteiger partial charge in [0.15, 0.2) is 0 Å². The average molecular weight is 209 g/mol. The molecule has 3 heteroatoms. The zero-order chi connectivity index (χ0) is 11.3. The summed E-state index contributed by atoms with van der Waals surface area (Å²) in [6, 6.07) is 8.24. The molecular formula is C12H19NO2. The van der Waals surface area contributed by atoms with Crippen LogP contribution in [0.4, 0.5) is 0 Å². The Morgan fingerprint density at radius 1 is 1.27 bits per heavy atom. The minimum Gasteiger partial charge on any atom is -0.497 e. The maximum absolute atomic E-state index is 9.00. The van der Waals surface area contributed by atoms with Crippen LogP contribution in [0.3, 0.4) is 0 Å². The molecule has 0 aliphatic rings. The number of aliphatic hydroxyl groups excluding tert-OH is 1. The standard InChI is InChI=1S/C12H19NO2/c1-13(2)12(8-9-14)10-4-6-11(15-3)7-5-10/h4-7,12,14H,8-9H2,1-3H3. The van der Waals surface area contributed by atoms with Crippen molar-refractivity contribution in [2.45, 2.75) is 12.5 Å². The molecule has 3 nitrogen and oxygen atoms in total. The van der Waals surface area contributed by atoms with Crippen molar-refractivity contribution >= 4 is 0 Å². The van der Waals surface area contributed by atoms with Crippen molar-refractivity contribution in [1.82, 2.24) is 4.90 Å². The molecular weight excluding hydrogens is 190 g/mol. The molecule has 1 aromatic rings. The molecule has 0 aliphatic carbocycles. The molecule has 0 aliphatic heterocycles. The van der Waals surface area contributed by atoms with Gasteiger partial charge in [0, 0.05) is 12.6 Å². The monoisotopic (exact) mass is 209 g/mol. The summed E-state index contributed by atoms with van der Waals surface area (Å²) < 4.78 is 5.11. The van der Waals surface area contributed by atoms with Gasteiger partial charge in [-0.25, -0.2) is 0 Å². The molecule has 15 heavy (non-hydrogen) atoms. The van der Waals surface area contributed by atoms with Crippen molar-refractivity contribution < 1.29 is 9.84 Å². The van der Waals surface area contributed by atoms with E-state index in [2.05, 4.69) is 4.90 Å². The van der Waals surface area contributed by atoms with E-state index >= 15 is 0 Å². The molecule has 0 aromatic heterocycles. The lowest BCUT2D eigenvalue weighted by Gasteiger charge is -2.24. The Bertz CT molecular complexity index is 282. The van der Waals surface area contributed by atoms with E-state index in [1.54, 1.807) is 7.11 Å². The molecule has 0 radical (unpaired) electrons. The van der Waals surface area contributed by atoms with E-state index in [1.165, 1.54) is 5.56 Å². The summed E-state index contributed by atoms with van der Waals surface area (Å²) in [5.74, 6) is 0.861. The quantitative estimate of drug-likeness (QED) is 0.801. The lowest BCUT2D eigenvalue weighted by molar-refractivity contribution is 0.211. The first-order chi connectivity index (χ1) is 7.19. The average Bonchev–Trinajstić information content (AvgIpc) is 2.26. The zero-order valence-corrected chi connectivity index (χ0v) is 9.60. The van der Waals surface area contributed by atoms with E-state index in [9.17, 15) is 0 Å². The number of hydrogen-bond acceptors (Lipinski definition) is 3. The van der Waals surface area contributed by atoms with Gasteiger partial charge in [-0.1, -0.05) is 12.1 Å². The number of methoxy groups -OCH3 is 1. The van der Waals surface area contributed by atoms with Crippen molar-refractivity contribution in [3.05, 3.63) is 29.8 Å². The van der Waals surface area contributed by atoms with Crippen LogP contribution in [0, 0.1) is 0 Å². The smallest absolute Gasteiger partial charge is 0.118 e. The van der Waals surface area contributed by atoms with Crippen LogP contribution in [0.2, 0.25) is 0 Å². The Balaban J connectivity index is 2.81. The van der Waals surface area contributed by atoms with Crippen LogP contribution in [0.25, 0.3) is 0 Å². The van der Waals surface area contributed by atoms with Gasteiger partial charge < -0.3 is 14.7 Å². The highest BCUT2D eigenvalue weighted by atomic mass is 16.5. The van der Waals surface area contributed by atoms with E-state index in [-0.39, 0.29) is 12.6 Å². The third-order valence-electron chi connectivity index (χ3n) is 2.53. The zero-order valence-electron chi connectivity index (χ0n) is 9.60. The van der Waals surface area contributed by atoms with Crippen LogP contribution in [-0.4, -0.2) is 37.8 Å². The minimum absolute atomic E-state index is 0.203. The lowest BCUT2D eigenvalue weighted by atomic mass is 10.0. The van der Waals surface area contributed by atoms with Crippen LogP contribution in [0.5, 0.6) is 5.75 Å². The van der Waals surface area contributed by atoms with E-state index in [1.807, 2.05) is 38.4 Å². The first kappa shape index (κ1) is 12.0. The second-order valence-corrected chi connectivity index (χ2v) is 3.76. The number of ether oxygens (including phenoxy) is 1. The van der Waals surface area contributed by atoms with Crippen molar-refractivity contribution in [3.63, 3.8) is 0 Å². The first-order valence-corrected chi connectivity index (χ1v) is 5.10. The van der Waals surface area contributed by atoms with Gasteiger partial charge in [-0.3, -0.25) is 0 Å². The summed E-state index contributed by atoms with van der Waals surface area (Å²) in [6.45, 7) is 0.203. The van der Waals surface area contributed by atoms with E-state index in [0.717, 1.165) is 12.2 Å². The van der Waals surface area contributed by atoms with Gasteiger partial charge in [0.25, 0.3) is 0 Å². The van der Waals surface area contributed by atoms with Crippen LogP contribution < -0.4 is 4.74 Å². The SMILES string of the molecule is COc1ccc(C(CCO)N(C)C)cc1. The minimum atomic E-state index is 0.203. The van der Waals surface area contributed by atoms with E-state index in [0.29, 0.717) is 0 Å². The van der Waals surface area contributed by atoms with Crippen LogP contribution in [-0.2, 0) is 0 Å². The number of nitrogens with zero attached hydrogens (tertiary/aromatic N) is 1. The summed E-state index contributed by atoms with van der Waals surface area (Å²) >= 11 is 0. The molecule has 0 saturated heterocycles. The summed E-state index contributed by atoms with van der Waals surface area (Å²) in [7, 11) is 5.70. The van der Waals surface area contributed by atoms with Gasteiger partial charge in [-0.15, -0.1) is 0 Å². The highest BCUT2D eigenvalue weighted by molar-refractivity contribution is 5.29. The summed E-state index contributed by atoms with van der Waals surface area (Å²) in [5, 5.41) is 9.00. The molecule has 0 fully saturated rings. The second kappa shape index (κ2) is 5.73. The predicted molar refractivity (Wildman–Crippen MR) is 61.1 cm³/mol. The van der Waals surface area contributed by atoms with Crippen LogP contribution in [0.15, 0.2) is 24.3 Å². The lowest BCUT2D eigenvalue weighted by Crippen LogP contribution is -2.20. The summed E-state index contributed by atoms with van der Waals surface area (Å²) in [6.07, 6.45) is 0.749. The molecule has 1 N–H and O–H groups in total. The Kier molecular flexibility index (Phi) is 4.59. The van der Waals surface area contributed by atoms with Gasteiger partial charge in [0.2, 0.25) is 0 Å². The molecule has 84 valence electrons. The molecule has 1 unspecified atom stereocenters. The van der Waals surface area contributed by atoms with Crippen molar-refractivity contribution in [3.8, 4) is 5.75 Å². The maximum Gasteiger partial charge on any atom is 0.118 e. The molecule has 1 aromatic carbocycles. The number of benzene rings is 1. The van der Waals surface area contributed by atoms with Crippen molar-refractivity contribution in [2.75, 3.05) is 27.8 Å². The number of hydrogen-bond donors (Lipinski definition) is 1. The second-order valence-electron chi connectivity index (χ2n) is 3.76. The van der Waals surface area contributed by atoms with Crippen molar-refractivity contribution in [2.24, 2.45) is 0 Å². The molecule has 1 rings (SSSR count). The molecule has 0 spiro atoms. The Labute approximate surface area is 91.3 Å². The van der Waals surface area contributed by atoms with E-state index in [4.69, 9.17) is 9.84 Å². The molecule has 1 atom stereocenters. The van der Waals surface area contributed by atoms with Gasteiger partial charge in [-0.05, 0) is 38.2 Å². The Hall–Kier alpha value is -1.06. The Morgan fingerprint density at radius 2 is 1.87 bits per heavy atom. The fourth-order valence-electron chi connectivity index (χ4n) is 1.67. The van der Waals surface area contributed by atoms with Gasteiger partial charge in [0.1, 0.15) is 5.75 Å². The van der Waals surface area contributed by atoms with Gasteiger partial charge in [-0.2, -0.15) is 0 Å². The fraction of sp³-hybridized carbons (Fsp3) is 0.500. The third kappa shape index (κ3) is 3.22. The van der Waals surface area contributed by atoms with Crippen LogP contribution in [0.1, 0.15) is 18.0 Å². The Morgan fingerprint density at radius 3 is 2.27 bits per heavy atom. The molecule has 0 amide bonds. The normalized spacial score (nSPS) is 12.9. The summed E-state index contributed by atoms with van der Waals surface area (Å²) in [5.41, 5.74) is 1.20. The number of rotatable bonds is 5. The van der Waals surface area contributed by atoms with E-state index < -0.39 is 0 Å². The van der Waals surface area contributed by atoms with Crippen LogP contribution >= 0.6 is 0 Å². The van der Waals surface area contributed by atoms with Gasteiger partial charge in [0.05, 0.1) is 7.11 Å². The van der Waals surface area contributed by atoms with Gasteiger partial charge >= 0.3 is 0 Å². The summed E-state index contributed by atoms with van der Waals surface area (Å²) in [4.78, 5) is 2.11. The topological polar surface area (TPSA) is 32.7 Å².